The van der Waals surface area contributed by atoms with Crippen LogP contribution in [0.2, 0.25) is 0 Å². The molecule has 0 saturated carbocycles. The molecule has 0 aliphatic heterocycles. The summed E-state index contributed by atoms with van der Waals surface area (Å²) in [5.74, 6) is 1.41. The molecule has 0 unspecified atom stereocenters. The van der Waals surface area contributed by atoms with Crippen molar-refractivity contribution in [1.82, 2.24) is 9.97 Å². The van der Waals surface area contributed by atoms with E-state index in [4.69, 9.17) is 10.5 Å². The van der Waals surface area contributed by atoms with Gasteiger partial charge in [0.25, 0.3) is 5.56 Å². The number of hydrogen-bond acceptors (Lipinski definition) is 4. The number of nitrogens with zero attached hydrogens (tertiary/aromatic N) is 1. The molecule has 0 aliphatic rings. The number of aryl methyl sites for hydroxylation is 1. The third-order valence-corrected chi connectivity index (χ3v) is 2.68. The highest BCUT2D eigenvalue weighted by Crippen LogP contribution is 2.11. The summed E-state index contributed by atoms with van der Waals surface area (Å²) in [5, 5.41) is 0. The number of benzene rings is 1. The van der Waals surface area contributed by atoms with Gasteiger partial charge in [0.15, 0.2) is 0 Å². The molecule has 3 N–H and O–H groups in total. The van der Waals surface area contributed by atoms with E-state index in [0.717, 1.165) is 5.75 Å². The highest BCUT2D eigenvalue weighted by Gasteiger charge is 2.01. The molecule has 100 valence electrons. The van der Waals surface area contributed by atoms with Gasteiger partial charge in [0.2, 0.25) is 0 Å². The first-order valence-electron chi connectivity index (χ1n) is 6.16. The van der Waals surface area contributed by atoms with Crippen LogP contribution < -0.4 is 16.0 Å². The first kappa shape index (κ1) is 13.3. The number of H-pyrrole nitrogens is 1. The van der Waals surface area contributed by atoms with E-state index in [2.05, 4.69) is 9.97 Å². The molecule has 0 radical (unpaired) electrons. The fourth-order valence-corrected chi connectivity index (χ4v) is 1.69. The molecule has 0 fully saturated rings. The molecule has 0 bridgehead atoms. The third kappa shape index (κ3) is 3.93. The molecular formula is C14H17N3O2. The van der Waals surface area contributed by atoms with E-state index >= 15 is 0 Å². The number of aromatic amines is 1. The van der Waals surface area contributed by atoms with Gasteiger partial charge in [-0.05, 0) is 19.1 Å². The van der Waals surface area contributed by atoms with Crippen LogP contribution >= 0.6 is 0 Å². The lowest BCUT2D eigenvalue weighted by molar-refractivity contribution is 0.318. The van der Waals surface area contributed by atoms with Gasteiger partial charge in [-0.2, -0.15) is 0 Å². The lowest BCUT2D eigenvalue weighted by Gasteiger charge is -2.06. The molecule has 5 heteroatoms. The first-order valence-corrected chi connectivity index (χ1v) is 6.16. The lowest BCUT2D eigenvalue weighted by Crippen LogP contribution is -2.16. The van der Waals surface area contributed by atoms with Crippen molar-refractivity contribution < 1.29 is 4.74 Å². The molecule has 19 heavy (non-hydrogen) atoms. The van der Waals surface area contributed by atoms with Crippen LogP contribution in [0.1, 0.15) is 17.1 Å². The molecule has 1 aromatic carbocycles. The summed E-state index contributed by atoms with van der Waals surface area (Å²) in [6.45, 7) is 2.74. The van der Waals surface area contributed by atoms with Crippen LogP contribution in [-0.2, 0) is 13.0 Å². The normalized spacial score (nSPS) is 10.4. The van der Waals surface area contributed by atoms with Crippen LogP contribution in [-0.4, -0.2) is 16.6 Å². The van der Waals surface area contributed by atoms with Gasteiger partial charge < -0.3 is 15.5 Å². The van der Waals surface area contributed by atoms with Crippen molar-refractivity contribution in [3.05, 3.63) is 57.8 Å². The topological polar surface area (TPSA) is 81.0 Å². The zero-order valence-electron chi connectivity index (χ0n) is 10.8. The maximum absolute atomic E-state index is 11.3. The number of hydrogen-bond donors (Lipinski definition) is 2. The van der Waals surface area contributed by atoms with Crippen LogP contribution in [0.5, 0.6) is 5.75 Å². The third-order valence-electron chi connectivity index (χ3n) is 2.68. The Hall–Kier alpha value is -2.14. The van der Waals surface area contributed by atoms with Gasteiger partial charge in [-0.3, -0.25) is 4.79 Å². The van der Waals surface area contributed by atoms with E-state index in [9.17, 15) is 4.79 Å². The molecular weight excluding hydrogens is 242 g/mol. The van der Waals surface area contributed by atoms with E-state index in [1.807, 2.05) is 31.2 Å². The van der Waals surface area contributed by atoms with Crippen molar-refractivity contribution in [3.8, 4) is 5.75 Å². The molecule has 2 aromatic rings. The lowest BCUT2D eigenvalue weighted by atomic mass is 10.2. The Kier molecular flexibility index (Phi) is 4.30. The van der Waals surface area contributed by atoms with Crippen molar-refractivity contribution in [2.75, 3.05) is 6.61 Å². The number of nitrogens with two attached hydrogens (primary N) is 1. The number of rotatable bonds is 5. The van der Waals surface area contributed by atoms with Crippen molar-refractivity contribution in [1.29, 1.82) is 0 Å². The van der Waals surface area contributed by atoms with Gasteiger partial charge in [0.05, 0.1) is 12.3 Å². The standard InChI is InChI=1S/C14H17N3O2/c1-10-2-4-12(5-3-10)19-7-6-13-16-11(9-15)8-14(18)17-13/h2-5,8H,6-7,9,15H2,1H3,(H,16,17,18). The number of aromatic nitrogens is 2. The Morgan fingerprint density at radius 2 is 2.05 bits per heavy atom. The maximum atomic E-state index is 11.3. The van der Waals surface area contributed by atoms with Gasteiger partial charge in [0.1, 0.15) is 11.6 Å². The quantitative estimate of drug-likeness (QED) is 0.844. The van der Waals surface area contributed by atoms with E-state index in [1.165, 1.54) is 11.6 Å². The summed E-state index contributed by atoms with van der Waals surface area (Å²) in [5.41, 5.74) is 7.08. The minimum Gasteiger partial charge on any atom is -0.493 e. The van der Waals surface area contributed by atoms with Crippen LogP contribution in [0.3, 0.4) is 0 Å². The summed E-state index contributed by atoms with van der Waals surface area (Å²) in [6, 6.07) is 9.23. The van der Waals surface area contributed by atoms with E-state index in [-0.39, 0.29) is 12.1 Å². The number of nitrogens with one attached hydrogen (secondary N) is 1. The molecule has 0 spiro atoms. The van der Waals surface area contributed by atoms with Crippen LogP contribution in [0, 0.1) is 6.92 Å². The molecule has 1 heterocycles. The van der Waals surface area contributed by atoms with Gasteiger partial charge >= 0.3 is 0 Å². The molecule has 5 nitrogen and oxygen atoms in total. The minimum absolute atomic E-state index is 0.180. The van der Waals surface area contributed by atoms with E-state index < -0.39 is 0 Å². The molecule has 0 saturated heterocycles. The summed E-state index contributed by atoms with van der Waals surface area (Å²) in [4.78, 5) is 18.3. The monoisotopic (exact) mass is 259 g/mol. The summed E-state index contributed by atoms with van der Waals surface area (Å²) < 4.78 is 5.59. The number of ether oxygens (including phenoxy) is 1. The van der Waals surface area contributed by atoms with Crippen LogP contribution in [0.15, 0.2) is 35.1 Å². The average Bonchev–Trinajstić information content (AvgIpc) is 2.40. The molecule has 0 atom stereocenters. The van der Waals surface area contributed by atoms with Crippen molar-refractivity contribution in [2.24, 2.45) is 5.73 Å². The first-order chi connectivity index (χ1) is 9.17. The zero-order chi connectivity index (χ0) is 13.7. The highest BCUT2D eigenvalue weighted by molar-refractivity contribution is 5.26. The van der Waals surface area contributed by atoms with Crippen molar-refractivity contribution in [2.45, 2.75) is 19.9 Å². The Morgan fingerprint density at radius 1 is 1.32 bits per heavy atom. The van der Waals surface area contributed by atoms with Crippen LogP contribution in [0.25, 0.3) is 0 Å². The summed E-state index contributed by atoms with van der Waals surface area (Å²) in [7, 11) is 0. The Labute approximate surface area is 111 Å². The largest absolute Gasteiger partial charge is 0.493 e. The minimum atomic E-state index is -0.180. The molecule has 0 aliphatic carbocycles. The maximum Gasteiger partial charge on any atom is 0.251 e. The highest BCUT2D eigenvalue weighted by atomic mass is 16.5. The Bertz CT molecular complexity index is 590. The fraction of sp³-hybridized carbons (Fsp3) is 0.286. The van der Waals surface area contributed by atoms with Gasteiger partial charge in [-0.25, -0.2) is 4.98 Å². The molecule has 0 amide bonds. The predicted molar refractivity (Wildman–Crippen MR) is 73.1 cm³/mol. The molecule has 2 rings (SSSR count). The SMILES string of the molecule is Cc1ccc(OCCc2nc(CN)cc(=O)[nH]2)cc1. The van der Waals surface area contributed by atoms with E-state index in [0.29, 0.717) is 24.5 Å². The fourth-order valence-electron chi connectivity index (χ4n) is 1.69. The summed E-state index contributed by atoms with van der Waals surface area (Å²) >= 11 is 0. The molecule has 1 aromatic heterocycles. The Morgan fingerprint density at radius 3 is 2.74 bits per heavy atom. The van der Waals surface area contributed by atoms with E-state index in [1.54, 1.807) is 0 Å². The second kappa shape index (κ2) is 6.15. The second-order valence-corrected chi connectivity index (χ2v) is 4.30. The predicted octanol–water partition coefficient (Wildman–Crippen LogP) is 1.16. The average molecular weight is 259 g/mol. The smallest absolute Gasteiger partial charge is 0.251 e. The van der Waals surface area contributed by atoms with Crippen molar-refractivity contribution in [3.63, 3.8) is 0 Å². The summed E-state index contributed by atoms with van der Waals surface area (Å²) in [6.07, 6.45) is 0.539. The Balaban J connectivity index is 1.93. The van der Waals surface area contributed by atoms with Gasteiger partial charge in [0, 0.05) is 19.0 Å². The van der Waals surface area contributed by atoms with Gasteiger partial charge in [-0.15, -0.1) is 0 Å². The van der Waals surface area contributed by atoms with Gasteiger partial charge in [-0.1, -0.05) is 17.7 Å². The van der Waals surface area contributed by atoms with Crippen LogP contribution in [0.4, 0.5) is 0 Å². The van der Waals surface area contributed by atoms with Crippen molar-refractivity contribution >= 4 is 0 Å². The second-order valence-electron chi connectivity index (χ2n) is 4.30. The zero-order valence-corrected chi connectivity index (χ0v) is 10.8.